The summed E-state index contributed by atoms with van der Waals surface area (Å²) in [4.78, 5) is 27.5. The predicted octanol–water partition coefficient (Wildman–Crippen LogP) is 4.10. The van der Waals surface area contributed by atoms with E-state index in [4.69, 9.17) is 9.47 Å². The van der Waals surface area contributed by atoms with Gasteiger partial charge >= 0.3 is 5.97 Å². The van der Waals surface area contributed by atoms with Crippen LogP contribution in [0.5, 0.6) is 5.75 Å². The SMILES string of the molecule is CCOC(=O)C1CCCN(C(=O)c2cc(-c3ccc(OC)cc3)nn2-c2ccc(F)cc2)C1. The van der Waals surface area contributed by atoms with Crippen LogP contribution in [-0.4, -0.2) is 53.4 Å². The Morgan fingerprint density at radius 3 is 2.52 bits per heavy atom. The Kier molecular flexibility index (Phi) is 6.72. The molecule has 1 atom stereocenters. The van der Waals surface area contributed by atoms with Gasteiger partial charge in [-0.15, -0.1) is 0 Å². The minimum Gasteiger partial charge on any atom is -0.497 e. The van der Waals surface area contributed by atoms with E-state index in [1.165, 1.54) is 16.8 Å². The standard InChI is InChI=1S/C25H26FN3O4/c1-3-33-25(31)18-5-4-14-28(16-18)24(30)23-15-22(17-6-12-21(32-2)13-7-17)27-29(23)20-10-8-19(26)9-11-20/h6-13,15,18H,3-5,14,16H2,1-2H3. The molecule has 7 nitrogen and oxygen atoms in total. The molecule has 1 aromatic heterocycles. The number of nitrogens with zero attached hydrogens (tertiary/aromatic N) is 3. The highest BCUT2D eigenvalue weighted by molar-refractivity contribution is 5.95. The van der Waals surface area contributed by atoms with E-state index in [-0.39, 0.29) is 23.6 Å². The molecule has 1 aliphatic rings. The number of carbonyl (C=O) groups excluding carboxylic acids is 2. The van der Waals surface area contributed by atoms with Gasteiger partial charge in [-0.25, -0.2) is 9.07 Å². The molecule has 1 aliphatic heterocycles. The van der Waals surface area contributed by atoms with E-state index in [0.29, 0.717) is 55.4 Å². The van der Waals surface area contributed by atoms with Gasteiger partial charge in [0.05, 0.1) is 31.0 Å². The summed E-state index contributed by atoms with van der Waals surface area (Å²) in [6, 6.07) is 14.9. The lowest BCUT2D eigenvalue weighted by molar-refractivity contribution is -0.149. The maximum absolute atomic E-state index is 13.6. The molecule has 0 spiro atoms. The quantitative estimate of drug-likeness (QED) is 0.528. The zero-order valence-electron chi connectivity index (χ0n) is 18.7. The van der Waals surface area contributed by atoms with Crippen molar-refractivity contribution in [2.24, 2.45) is 5.92 Å². The first-order valence-corrected chi connectivity index (χ1v) is 11.0. The number of piperidine rings is 1. The number of rotatable bonds is 6. The van der Waals surface area contributed by atoms with E-state index < -0.39 is 0 Å². The first kappa shape index (κ1) is 22.5. The van der Waals surface area contributed by atoms with Gasteiger partial charge < -0.3 is 14.4 Å². The van der Waals surface area contributed by atoms with E-state index >= 15 is 0 Å². The van der Waals surface area contributed by atoms with Crippen molar-refractivity contribution in [2.45, 2.75) is 19.8 Å². The van der Waals surface area contributed by atoms with Gasteiger partial charge in [-0.3, -0.25) is 9.59 Å². The predicted molar refractivity (Wildman–Crippen MR) is 121 cm³/mol. The van der Waals surface area contributed by atoms with Gasteiger partial charge in [0.15, 0.2) is 0 Å². The molecule has 2 heterocycles. The van der Waals surface area contributed by atoms with Gasteiger partial charge in [-0.05, 0) is 74.4 Å². The van der Waals surface area contributed by atoms with E-state index in [2.05, 4.69) is 5.10 Å². The monoisotopic (exact) mass is 451 g/mol. The van der Waals surface area contributed by atoms with Crippen molar-refractivity contribution >= 4 is 11.9 Å². The smallest absolute Gasteiger partial charge is 0.310 e. The van der Waals surface area contributed by atoms with Crippen LogP contribution < -0.4 is 4.74 Å². The van der Waals surface area contributed by atoms with Crippen LogP contribution >= 0.6 is 0 Å². The van der Waals surface area contributed by atoms with Crippen LogP contribution in [-0.2, 0) is 9.53 Å². The lowest BCUT2D eigenvalue weighted by Crippen LogP contribution is -2.43. The molecule has 0 saturated carbocycles. The molecule has 1 fully saturated rings. The van der Waals surface area contributed by atoms with Gasteiger partial charge in [0.2, 0.25) is 0 Å². The Hall–Kier alpha value is -3.68. The highest BCUT2D eigenvalue weighted by Crippen LogP contribution is 2.26. The number of methoxy groups -OCH3 is 1. The van der Waals surface area contributed by atoms with Crippen LogP contribution in [0.15, 0.2) is 54.6 Å². The molecule has 1 unspecified atom stereocenters. The molecule has 8 heteroatoms. The normalized spacial score (nSPS) is 15.8. The molecule has 2 aromatic carbocycles. The van der Waals surface area contributed by atoms with Crippen molar-refractivity contribution < 1.29 is 23.5 Å². The Bertz CT molecular complexity index is 1130. The second kappa shape index (κ2) is 9.85. The van der Waals surface area contributed by atoms with Crippen molar-refractivity contribution in [2.75, 3.05) is 26.8 Å². The van der Waals surface area contributed by atoms with Crippen LogP contribution in [0.25, 0.3) is 16.9 Å². The van der Waals surface area contributed by atoms with Crippen LogP contribution in [0, 0.1) is 11.7 Å². The van der Waals surface area contributed by atoms with Crippen LogP contribution in [0.1, 0.15) is 30.3 Å². The topological polar surface area (TPSA) is 73.7 Å². The number of hydrogen-bond donors (Lipinski definition) is 0. The molecule has 1 saturated heterocycles. The molecule has 1 amide bonds. The molecule has 0 aliphatic carbocycles. The van der Waals surface area contributed by atoms with Gasteiger partial charge in [-0.2, -0.15) is 5.10 Å². The second-order valence-corrected chi connectivity index (χ2v) is 7.87. The zero-order chi connectivity index (χ0) is 23.4. The van der Waals surface area contributed by atoms with Crippen molar-refractivity contribution in [1.29, 1.82) is 0 Å². The summed E-state index contributed by atoms with van der Waals surface area (Å²) in [5, 5.41) is 4.65. The van der Waals surface area contributed by atoms with Crippen molar-refractivity contribution in [3.8, 4) is 22.7 Å². The summed E-state index contributed by atoms with van der Waals surface area (Å²) in [6.45, 7) is 2.92. The number of amides is 1. The van der Waals surface area contributed by atoms with E-state index in [1.807, 2.05) is 24.3 Å². The first-order valence-electron chi connectivity index (χ1n) is 11.0. The molecule has 0 bridgehead atoms. The van der Waals surface area contributed by atoms with E-state index in [1.54, 1.807) is 37.1 Å². The molecule has 33 heavy (non-hydrogen) atoms. The highest BCUT2D eigenvalue weighted by Gasteiger charge is 2.31. The van der Waals surface area contributed by atoms with Gasteiger partial charge in [-0.1, -0.05) is 0 Å². The number of esters is 1. The molecular weight excluding hydrogens is 425 g/mol. The number of halogens is 1. The Labute approximate surface area is 191 Å². The molecule has 4 rings (SSSR count). The van der Waals surface area contributed by atoms with Gasteiger partial charge in [0.1, 0.15) is 17.3 Å². The van der Waals surface area contributed by atoms with E-state index in [9.17, 15) is 14.0 Å². The fourth-order valence-electron chi connectivity index (χ4n) is 3.99. The highest BCUT2D eigenvalue weighted by atomic mass is 19.1. The third kappa shape index (κ3) is 4.89. The lowest BCUT2D eigenvalue weighted by Gasteiger charge is -2.31. The fraction of sp³-hybridized carbons (Fsp3) is 0.320. The lowest BCUT2D eigenvalue weighted by atomic mass is 9.98. The molecule has 3 aromatic rings. The third-order valence-electron chi connectivity index (χ3n) is 5.71. The summed E-state index contributed by atoms with van der Waals surface area (Å²) in [7, 11) is 1.59. The maximum Gasteiger partial charge on any atom is 0.310 e. The summed E-state index contributed by atoms with van der Waals surface area (Å²) < 4.78 is 25.4. The fourth-order valence-corrected chi connectivity index (χ4v) is 3.99. The average Bonchev–Trinajstić information content (AvgIpc) is 3.30. The Morgan fingerprint density at radius 2 is 1.85 bits per heavy atom. The number of benzene rings is 2. The Balaban J connectivity index is 1.69. The van der Waals surface area contributed by atoms with Gasteiger partial charge in [0, 0.05) is 18.7 Å². The van der Waals surface area contributed by atoms with Crippen LogP contribution in [0.2, 0.25) is 0 Å². The minimum absolute atomic E-state index is 0.236. The zero-order valence-corrected chi connectivity index (χ0v) is 18.7. The Morgan fingerprint density at radius 1 is 1.12 bits per heavy atom. The molecule has 0 N–H and O–H groups in total. The maximum atomic E-state index is 13.6. The summed E-state index contributed by atoms with van der Waals surface area (Å²) >= 11 is 0. The minimum atomic E-state index is -0.373. The van der Waals surface area contributed by atoms with Crippen LogP contribution in [0.3, 0.4) is 0 Å². The summed E-state index contributed by atoms with van der Waals surface area (Å²) in [6.07, 6.45) is 1.40. The number of hydrogen-bond acceptors (Lipinski definition) is 5. The molecule has 172 valence electrons. The van der Waals surface area contributed by atoms with Gasteiger partial charge in [0.25, 0.3) is 5.91 Å². The van der Waals surface area contributed by atoms with Crippen molar-refractivity contribution in [1.82, 2.24) is 14.7 Å². The number of likely N-dealkylation sites (tertiary alicyclic amines) is 1. The van der Waals surface area contributed by atoms with Crippen molar-refractivity contribution in [3.63, 3.8) is 0 Å². The largest absolute Gasteiger partial charge is 0.497 e. The number of ether oxygens (including phenoxy) is 2. The van der Waals surface area contributed by atoms with Crippen LogP contribution in [0.4, 0.5) is 4.39 Å². The number of aromatic nitrogens is 2. The third-order valence-corrected chi connectivity index (χ3v) is 5.71. The van der Waals surface area contributed by atoms with Crippen molar-refractivity contribution in [3.05, 3.63) is 66.1 Å². The first-order chi connectivity index (χ1) is 16.0. The summed E-state index contributed by atoms with van der Waals surface area (Å²) in [5.41, 5.74) is 2.33. The summed E-state index contributed by atoms with van der Waals surface area (Å²) in [5.74, 6) is -0.513. The average molecular weight is 451 g/mol. The molecule has 0 radical (unpaired) electrons. The van der Waals surface area contributed by atoms with E-state index in [0.717, 1.165) is 5.56 Å². The second-order valence-electron chi connectivity index (χ2n) is 7.87. The molecular formula is C25H26FN3O4. The number of carbonyl (C=O) groups is 2.